The average Bonchev–Trinajstić information content (AvgIpc) is 3.68. The Balaban J connectivity index is 1.64. The maximum atomic E-state index is 14.5. The normalized spacial score (nSPS) is 21.0. The van der Waals surface area contributed by atoms with Gasteiger partial charge in [-0.25, -0.2) is 17.6 Å². The molecular weight excluding hydrogens is 685 g/mol. The van der Waals surface area contributed by atoms with Gasteiger partial charge in [-0.3, -0.25) is 9.80 Å². The summed E-state index contributed by atoms with van der Waals surface area (Å²) in [5, 5.41) is 10.1. The summed E-state index contributed by atoms with van der Waals surface area (Å²) >= 11 is 0. The highest BCUT2D eigenvalue weighted by Gasteiger charge is 2.75. The Hall–Kier alpha value is -3.89. The first-order valence-corrected chi connectivity index (χ1v) is 16.4. The van der Waals surface area contributed by atoms with Crippen LogP contribution in [0.5, 0.6) is 5.75 Å². The number of benzene rings is 3. The number of carbonyl (C=O) groups is 1. The Morgan fingerprint density at radius 1 is 0.959 bits per heavy atom. The molecule has 266 valence electrons. The largest absolute Gasteiger partial charge is 0.497 e. The van der Waals surface area contributed by atoms with Crippen molar-refractivity contribution in [3.63, 3.8) is 0 Å². The molecule has 2 aliphatic rings. The van der Waals surface area contributed by atoms with Gasteiger partial charge in [-0.15, -0.1) is 0 Å². The number of aliphatic hydroxyl groups is 1. The van der Waals surface area contributed by atoms with E-state index in [1.54, 1.807) is 45.0 Å². The molecule has 0 saturated carbocycles. The van der Waals surface area contributed by atoms with Crippen LogP contribution in [0.1, 0.15) is 49.4 Å². The predicted molar refractivity (Wildman–Crippen MR) is 161 cm³/mol. The molecule has 16 heteroatoms. The minimum absolute atomic E-state index is 0.0575. The third-order valence-corrected chi connectivity index (χ3v) is 11.1. The number of halogens is 7. The van der Waals surface area contributed by atoms with Crippen molar-refractivity contribution < 1.29 is 58.5 Å². The van der Waals surface area contributed by atoms with Crippen molar-refractivity contribution in [3.8, 4) is 5.75 Å². The summed E-state index contributed by atoms with van der Waals surface area (Å²) in [5.41, 5.74) is -7.42. The van der Waals surface area contributed by atoms with Gasteiger partial charge in [0.15, 0.2) is 4.87 Å². The van der Waals surface area contributed by atoms with E-state index < -0.39 is 61.8 Å². The number of hydrogen-bond acceptors (Lipinski definition) is 7. The fraction of sp³-hybridized carbons (Fsp3) is 0.424. The lowest BCUT2D eigenvalue weighted by Gasteiger charge is -2.34. The third kappa shape index (κ3) is 6.22. The van der Waals surface area contributed by atoms with E-state index in [-0.39, 0.29) is 42.1 Å². The van der Waals surface area contributed by atoms with Crippen LogP contribution in [0.15, 0.2) is 71.6 Å². The first-order chi connectivity index (χ1) is 22.6. The van der Waals surface area contributed by atoms with Crippen LogP contribution in [-0.2, 0) is 38.0 Å². The van der Waals surface area contributed by atoms with E-state index in [1.165, 1.54) is 16.9 Å². The second-order valence-corrected chi connectivity index (χ2v) is 15.0. The number of hydrogen-bond donors (Lipinski definition) is 1. The van der Waals surface area contributed by atoms with Crippen LogP contribution >= 0.6 is 0 Å². The number of amides is 1. The zero-order valence-corrected chi connectivity index (χ0v) is 27.5. The number of rotatable bonds is 8. The van der Waals surface area contributed by atoms with Crippen LogP contribution in [0.3, 0.4) is 0 Å². The summed E-state index contributed by atoms with van der Waals surface area (Å²) < 4.78 is 136. The Morgan fingerprint density at radius 3 is 2.08 bits per heavy atom. The number of carbonyl (C=O) groups excluding carboxylic acids is 1. The van der Waals surface area contributed by atoms with Gasteiger partial charge in [-0.2, -0.15) is 26.3 Å². The van der Waals surface area contributed by atoms with Crippen molar-refractivity contribution in [1.29, 1.82) is 0 Å². The molecule has 1 heterocycles. The molecule has 1 saturated heterocycles. The van der Waals surface area contributed by atoms with Crippen LogP contribution in [0.2, 0.25) is 0 Å². The first kappa shape index (κ1) is 36.4. The number of nitrogens with zero attached hydrogens (tertiary/aromatic N) is 2. The fourth-order valence-corrected chi connectivity index (χ4v) is 8.72. The Bertz CT molecular complexity index is 1810. The van der Waals surface area contributed by atoms with Crippen molar-refractivity contribution in [3.05, 3.63) is 94.8 Å². The molecule has 1 N–H and O–H groups in total. The molecule has 1 fully saturated rings. The van der Waals surface area contributed by atoms with Gasteiger partial charge in [0.25, 0.3) is 5.60 Å². The van der Waals surface area contributed by atoms with Gasteiger partial charge < -0.3 is 14.6 Å². The molecule has 49 heavy (non-hydrogen) atoms. The Kier molecular flexibility index (Phi) is 9.03. The zero-order valence-electron chi connectivity index (χ0n) is 26.7. The number of alkyl halides is 6. The molecule has 3 aromatic carbocycles. The molecule has 1 amide bonds. The minimum Gasteiger partial charge on any atom is -0.497 e. The highest BCUT2D eigenvalue weighted by molar-refractivity contribution is 7.92. The lowest BCUT2D eigenvalue weighted by atomic mass is 9.84. The molecule has 3 unspecified atom stereocenters. The van der Waals surface area contributed by atoms with E-state index in [4.69, 9.17) is 9.47 Å². The number of fused-ring (bicyclic) bond motifs is 3. The molecule has 0 aromatic heterocycles. The summed E-state index contributed by atoms with van der Waals surface area (Å²) in [4.78, 5) is 13.7. The molecule has 8 nitrogen and oxygen atoms in total. The molecule has 0 spiro atoms. The molecule has 0 bridgehead atoms. The monoisotopic (exact) mass is 718 g/mol. The van der Waals surface area contributed by atoms with Crippen molar-refractivity contribution in [2.75, 3.05) is 13.8 Å². The van der Waals surface area contributed by atoms with Gasteiger partial charge in [-0.05, 0) is 86.7 Å². The Labute approximate surface area is 277 Å². The second kappa shape index (κ2) is 12.2. The van der Waals surface area contributed by atoms with E-state index in [1.807, 2.05) is 0 Å². The van der Waals surface area contributed by atoms with Gasteiger partial charge >= 0.3 is 18.4 Å². The zero-order chi connectivity index (χ0) is 36.4. The van der Waals surface area contributed by atoms with E-state index in [0.717, 1.165) is 30.3 Å². The van der Waals surface area contributed by atoms with E-state index >= 15 is 0 Å². The van der Waals surface area contributed by atoms with Gasteiger partial charge in [-0.1, -0.05) is 30.3 Å². The Morgan fingerprint density at radius 2 is 1.55 bits per heavy atom. The SMILES string of the molecule is COc1ccc(CN(CN2C3CCc4cc(C(O)(C(F)(F)F)C(F)(F)F)ccc4C32S(=O)(=O)c2ccc(F)cc2)C(=O)OC(C)(C)C)cc1. The van der Waals surface area contributed by atoms with Crippen LogP contribution in [0, 0.1) is 5.82 Å². The molecule has 1 aliphatic carbocycles. The molecule has 0 radical (unpaired) electrons. The molecule has 3 aromatic rings. The molecular formula is C33H33F7N2O6S. The summed E-state index contributed by atoms with van der Waals surface area (Å²) in [6.45, 7) is 4.42. The predicted octanol–water partition coefficient (Wildman–Crippen LogP) is 6.80. The summed E-state index contributed by atoms with van der Waals surface area (Å²) in [7, 11) is -3.13. The smallest absolute Gasteiger partial charge is 0.430 e. The number of aryl methyl sites for hydroxylation is 1. The van der Waals surface area contributed by atoms with Crippen molar-refractivity contribution >= 4 is 15.9 Å². The summed E-state index contributed by atoms with van der Waals surface area (Å²) in [6, 6.07) is 11.3. The van der Waals surface area contributed by atoms with Crippen molar-refractivity contribution in [2.45, 2.75) is 79.5 Å². The average molecular weight is 719 g/mol. The lowest BCUT2D eigenvalue weighted by Crippen LogP contribution is -2.54. The first-order valence-electron chi connectivity index (χ1n) is 15.0. The van der Waals surface area contributed by atoms with E-state index in [0.29, 0.717) is 23.4 Å². The highest BCUT2D eigenvalue weighted by Crippen LogP contribution is 2.62. The molecule has 5 rings (SSSR count). The summed E-state index contributed by atoms with van der Waals surface area (Å²) in [6.07, 6.45) is -13.3. The van der Waals surface area contributed by atoms with E-state index in [9.17, 15) is 49.1 Å². The van der Waals surface area contributed by atoms with Crippen LogP contribution in [-0.4, -0.2) is 67.2 Å². The van der Waals surface area contributed by atoms with Gasteiger partial charge in [0.1, 0.15) is 17.2 Å². The maximum absolute atomic E-state index is 14.5. The van der Waals surface area contributed by atoms with Crippen LogP contribution in [0.25, 0.3) is 0 Å². The van der Waals surface area contributed by atoms with Crippen molar-refractivity contribution in [2.24, 2.45) is 0 Å². The lowest BCUT2D eigenvalue weighted by molar-refractivity contribution is -0.376. The number of sulfone groups is 1. The van der Waals surface area contributed by atoms with Gasteiger partial charge in [0.05, 0.1) is 31.3 Å². The van der Waals surface area contributed by atoms with Gasteiger partial charge in [0, 0.05) is 5.56 Å². The third-order valence-electron chi connectivity index (χ3n) is 8.64. The quantitative estimate of drug-likeness (QED) is 0.156. The summed E-state index contributed by atoms with van der Waals surface area (Å²) in [5.74, 6) is -0.212. The van der Waals surface area contributed by atoms with Gasteiger partial charge in [0.2, 0.25) is 9.84 Å². The second-order valence-electron chi connectivity index (χ2n) is 12.9. The van der Waals surface area contributed by atoms with E-state index in [2.05, 4.69) is 0 Å². The van der Waals surface area contributed by atoms with Crippen LogP contribution in [0.4, 0.5) is 35.5 Å². The minimum atomic E-state index is -6.16. The van der Waals surface area contributed by atoms with Crippen LogP contribution < -0.4 is 4.74 Å². The number of methoxy groups -OCH3 is 1. The topological polar surface area (TPSA) is 96.1 Å². The highest BCUT2D eigenvalue weighted by atomic mass is 32.2. The number of ether oxygens (including phenoxy) is 2. The molecule has 1 aliphatic heterocycles. The standard InChI is InChI=1S/C33H33F7N2O6S/c1-29(2,3)48-28(43)41(18-20-5-11-24(47-4)12-6-20)19-42-27-16-7-21-17-22(31(44,32(35,36)37)33(38,39)40)8-15-26(21)30(27,42)49(45,46)25-13-9-23(34)10-14-25/h5-6,8-15,17,27,44H,7,16,18-19H2,1-4H3. The maximum Gasteiger partial charge on any atom is 0.430 e. The fourth-order valence-electron chi connectivity index (χ4n) is 6.33. The molecule has 3 atom stereocenters. The van der Waals surface area contributed by atoms with Crippen molar-refractivity contribution in [1.82, 2.24) is 9.80 Å².